The van der Waals surface area contributed by atoms with Gasteiger partial charge in [0.05, 0.1) is 12.1 Å². The molecule has 24 heavy (non-hydrogen) atoms. The Morgan fingerprint density at radius 2 is 1.92 bits per heavy atom. The van der Waals surface area contributed by atoms with Crippen molar-refractivity contribution >= 4 is 23.2 Å². The molecule has 0 saturated heterocycles. The van der Waals surface area contributed by atoms with Crippen molar-refractivity contribution in [2.45, 2.75) is 19.6 Å². The summed E-state index contributed by atoms with van der Waals surface area (Å²) < 4.78 is 11.2. The van der Waals surface area contributed by atoms with Crippen LogP contribution in [0.25, 0.3) is 0 Å². The molecule has 4 nitrogen and oxygen atoms in total. The van der Waals surface area contributed by atoms with Crippen molar-refractivity contribution in [3.8, 4) is 11.5 Å². The van der Waals surface area contributed by atoms with E-state index < -0.39 is 0 Å². The van der Waals surface area contributed by atoms with Crippen LogP contribution in [0.1, 0.15) is 17.5 Å². The monoisotopic (exact) mass is 369 g/mol. The molecule has 2 aromatic carbocycles. The van der Waals surface area contributed by atoms with Gasteiger partial charge in [0.25, 0.3) is 0 Å². The van der Waals surface area contributed by atoms with Gasteiger partial charge in [0.1, 0.15) is 6.61 Å². The summed E-state index contributed by atoms with van der Waals surface area (Å²) in [7, 11) is 1.58. The standard InChI is InChI=1S/C18H21Cl2NO3/c1-23-17-10-13(11-21-7-4-8-22)9-16(20)18(17)24-12-14-5-2-3-6-15(14)19/h2-3,5-6,9-10,21-22H,4,7-8,11-12H2,1H3. The Labute approximate surface area is 152 Å². The van der Waals surface area contributed by atoms with Crippen LogP contribution in [0.4, 0.5) is 0 Å². The molecule has 0 aliphatic heterocycles. The minimum atomic E-state index is 0.173. The van der Waals surface area contributed by atoms with E-state index >= 15 is 0 Å². The van der Waals surface area contributed by atoms with E-state index in [4.69, 9.17) is 37.8 Å². The average Bonchev–Trinajstić information content (AvgIpc) is 2.58. The molecule has 0 aliphatic rings. The fourth-order valence-electron chi connectivity index (χ4n) is 2.22. The first kappa shape index (κ1) is 18.9. The van der Waals surface area contributed by atoms with Crippen molar-refractivity contribution in [1.82, 2.24) is 5.32 Å². The smallest absolute Gasteiger partial charge is 0.180 e. The van der Waals surface area contributed by atoms with Gasteiger partial charge in [0.2, 0.25) is 0 Å². The van der Waals surface area contributed by atoms with E-state index in [0.717, 1.165) is 17.7 Å². The van der Waals surface area contributed by atoms with Gasteiger partial charge in [-0.1, -0.05) is 41.4 Å². The summed E-state index contributed by atoms with van der Waals surface area (Å²) in [5, 5.41) is 13.2. The lowest BCUT2D eigenvalue weighted by Gasteiger charge is -2.15. The molecule has 0 saturated carbocycles. The van der Waals surface area contributed by atoms with Gasteiger partial charge in [0, 0.05) is 23.7 Å². The minimum Gasteiger partial charge on any atom is -0.493 e. The SMILES string of the molecule is COc1cc(CNCCCO)cc(Cl)c1OCc1ccccc1Cl. The van der Waals surface area contributed by atoms with Gasteiger partial charge in [-0.2, -0.15) is 0 Å². The predicted octanol–water partition coefficient (Wildman–Crippen LogP) is 4.05. The van der Waals surface area contributed by atoms with E-state index in [1.807, 2.05) is 36.4 Å². The predicted molar refractivity (Wildman–Crippen MR) is 97.2 cm³/mol. The highest BCUT2D eigenvalue weighted by Gasteiger charge is 2.13. The minimum absolute atomic E-state index is 0.173. The van der Waals surface area contributed by atoms with Crippen molar-refractivity contribution < 1.29 is 14.6 Å². The molecule has 0 unspecified atom stereocenters. The maximum atomic E-state index is 8.79. The fraction of sp³-hybridized carbons (Fsp3) is 0.333. The van der Waals surface area contributed by atoms with E-state index in [0.29, 0.717) is 41.1 Å². The Kier molecular flexibility index (Phi) is 7.66. The Hall–Kier alpha value is -1.46. The average molecular weight is 370 g/mol. The molecule has 2 rings (SSSR count). The van der Waals surface area contributed by atoms with Gasteiger partial charge >= 0.3 is 0 Å². The van der Waals surface area contributed by atoms with E-state index in [-0.39, 0.29) is 6.61 Å². The number of methoxy groups -OCH3 is 1. The molecule has 0 fully saturated rings. The Morgan fingerprint density at radius 3 is 2.62 bits per heavy atom. The molecule has 0 spiro atoms. The molecule has 0 heterocycles. The first-order valence-corrected chi connectivity index (χ1v) is 8.45. The molecule has 0 bridgehead atoms. The number of aliphatic hydroxyl groups excluding tert-OH is 1. The summed E-state index contributed by atoms with van der Waals surface area (Å²) in [6, 6.07) is 11.2. The molecule has 2 N–H and O–H groups in total. The lowest BCUT2D eigenvalue weighted by Crippen LogP contribution is -2.15. The van der Waals surface area contributed by atoms with Gasteiger partial charge in [-0.3, -0.25) is 0 Å². The number of benzene rings is 2. The molecule has 0 aromatic heterocycles. The first-order valence-electron chi connectivity index (χ1n) is 7.70. The van der Waals surface area contributed by atoms with Crippen molar-refractivity contribution in [3.63, 3.8) is 0 Å². The molecule has 2 aromatic rings. The van der Waals surface area contributed by atoms with Crippen LogP contribution in [0.5, 0.6) is 11.5 Å². The number of nitrogens with one attached hydrogen (secondary N) is 1. The van der Waals surface area contributed by atoms with Crippen LogP contribution < -0.4 is 14.8 Å². The van der Waals surface area contributed by atoms with Crippen LogP contribution in [0.3, 0.4) is 0 Å². The summed E-state index contributed by atoms with van der Waals surface area (Å²) in [6.45, 7) is 1.86. The van der Waals surface area contributed by atoms with Crippen LogP contribution in [0.15, 0.2) is 36.4 Å². The van der Waals surface area contributed by atoms with Crippen LogP contribution in [0.2, 0.25) is 10.0 Å². The van der Waals surface area contributed by atoms with Crippen LogP contribution in [-0.4, -0.2) is 25.4 Å². The van der Waals surface area contributed by atoms with Gasteiger partial charge in [-0.15, -0.1) is 0 Å². The largest absolute Gasteiger partial charge is 0.493 e. The lowest BCUT2D eigenvalue weighted by atomic mass is 10.2. The van der Waals surface area contributed by atoms with Crippen LogP contribution in [-0.2, 0) is 13.2 Å². The summed E-state index contributed by atoms with van der Waals surface area (Å²) in [5.41, 5.74) is 1.87. The summed E-state index contributed by atoms with van der Waals surface area (Å²) in [5.74, 6) is 1.08. The second-order valence-corrected chi connectivity index (χ2v) is 6.06. The third-order valence-electron chi connectivity index (χ3n) is 3.46. The Balaban J connectivity index is 2.08. The highest BCUT2D eigenvalue weighted by molar-refractivity contribution is 6.32. The molecule has 0 atom stereocenters. The van der Waals surface area contributed by atoms with Crippen molar-refractivity contribution in [2.75, 3.05) is 20.3 Å². The topological polar surface area (TPSA) is 50.7 Å². The Bertz CT molecular complexity index is 665. The van der Waals surface area contributed by atoms with Gasteiger partial charge in [-0.05, 0) is 36.7 Å². The molecule has 6 heteroatoms. The number of halogens is 2. The molecular formula is C18H21Cl2NO3. The second kappa shape index (κ2) is 9.74. The third kappa shape index (κ3) is 5.28. The van der Waals surface area contributed by atoms with E-state index in [1.54, 1.807) is 7.11 Å². The highest BCUT2D eigenvalue weighted by Crippen LogP contribution is 2.37. The quantitative estimate of drug-likeness (QED) is 0.654. The van der Waals surface area contributed by atoms with E-state index in [1.165, 1.54) is 0 Å². The van der Waals surface area contributed by atoms with Crippen molar-refractivity contribution in [3.05, 3.63) is 57.6 Å². The highest BCUT2D eigenvalue weighted by atomic mass is 35.5. The molecular weight excluding hydrogens is 349 g/mol. The van der Waals surface area contributed by atoms with Gasteiger partial charge in [-0.25, -0.2) is 0 Å². The van der Waals surface area contributed by atoms with Gasteiger partial charge in [0.15, 0.2) is 11.5 Å². The zero-order chi connectivity index (χ0) is 17.4. The van der Waals surface area contributed by atoms with E-state index in [2.05, 4.69) is 5.32 Å². The van der Waals surface area contributed by atoms with Gasteiger partial charge < -0.3 is 19.9 Å². The number of ether oxygens (including phenoxy) is 2. The molecule has 0 aliphatic carbocycles. The zero-order valence-corrected chi connectivity index (χ0v) is 15.0. The van der Waals surface area contributed by atoms with E-state index in [9.17, 15) is 0 Å². The zero-order valence-electron chi connectivity index (χ0n) is 13.5. The second-order valence-electron chi connectivity index (χ2n) is 5.24. The normalized spacial score (nSPS) is 10.7. The number of hydrogen-bond donors (Lipinski definition) is 2. The third-order valence-corrected chi connectivity index (χ3v) is 4.11. The number of rotatable bonds is 9. The lowest BCUT2D eigenvalue weighted by molar-refractivity contribution is 0.284. The number of hydrogen-bond acceptors (Lipinski definition) is 4. The summed E-state index contributed by atoms with van der Waals surface area (Å²) in [6.07, 6.45) is 0.712. The maximum absolute atomic E-state index is 8.79. The summed E-state index contributed by atoms with van der Waals surface area (Å²) >= 11 is 12.5. The fourth-order valence-corrected chi connectivity index (χ4v) is 2.70. The molecule has 0 radical (unpaired) electrons. The first-order chi connectivity index (χ1) is 11.7. The van der Waals surface area contributed by atoms with Crippen molar-refractivity contribution in [1.29, 1.82) is 0 Å². The van der Waals surface area contributed by atoms with Crippen molar-refractivity contribution in [2.24, 2.45) is 0 Å². The van der Waals surface area contributed by atoms with Crippen LogP contribution >= 0.6 is 23.2 Å². The Morgan fingerprint density at radius 1 is 1.12 bits per heavy atom. The van der Waals surface area contributed by atoms with Crippen LogP contribution in [0, 0.1) is 0 Å². The molecule has 0 amide bonds. The maximum Gasteiger partial charge on any atom is 0.180 e. The summed E-state index contributed by atoms with van der Waals surface area (Å²) in [4.78, 5) is 0. The molecule has 130 valence electrons. The number of aliphatic hydroxyl groups is 1.